The fourth-order valence-corrected chi connectivity index (χ4v) is 2.18. The van der Waals surface area contributed by atoms with Gasteiger partial charge in [-0.1, -0.05) is 0 Å². The first kappa shape index (κ1) is 17.8. The van der Waals surface area contributed by atoms with Crippen molar-refractivity contribution in [2.45, 2.75) is 26.0 Å². The van der Waals surface area contributed by atoms with E-state index >= 15 is 0 Å². The second-order valence-corrected chi connectivity index (χ2v) is 5.21. The third-order valence-corrected chi connectivity index (χ3v) is 3.52. The van der Waals surface area contributed by atoms with Crippen LogP contribution in [0.1, 0.15) is 25.5 Å². The molecule has 1 unspecified atom stereocenters. The average molecular weight is 297 g/mol. The van der Waals surface area contributed by atoms with Crippen molar-refractivity contribution >= 4 is 0 Å². The van der Waals surface area contributed by atoms with Crippen LogP contribution in [0.25, 0.3) is 0 Å². The maximum absolute atomic E-state index is 10.5. The Bertz CT molecular complexity index is 423. The first-order chi connectivity index (χ1) is 10.0. The van der Waals surface area contributed by atoms with Gasteiger partial charge in [-0.05, 0) is 26.0 Å². The van der Waals surface area contributed by atoms with E-state index in [1.54, 1.807) is 27.4 Å². The molecule has 120 valence electrons. The van der Waals surface area contributed by atoms with Crippen molar-refractivity contribution in [2.75, 3.05) is 41.0 Å². The van der Waals surface area contributed by atoms with Crippen LogP contribution in [0.4, 0.5) is 0 Å². The van der Waals surface area contributed by atoms with Gasteiger partial charge in [0.1, 0.15) is 11.5 Å². The largest absolute Gasteiger partial charge is 0.497 e. The zero-order chi connectivity index (χ0) is 15.8. The molecular weight excluding hydrogens is 270 g/mol. The van der Waals surface area contributed by atoms with Gasteiger partial charge in [0.25, 0.3) is 0 Å². The van der Waals surface area contributed by atoms with Crippen molar-refractivity contribution < 1.29 is 19.3 Å². The van der Waals surface area contributed by atoms with Gasteiger partial charge in [-0.15, -0.1) is 0 Å². The van der Waals surface area contributed by atoms with Gasteiger partial charge in [-0.3, -0.25) is 4.90 Å². The van der Waals surface area contributed by atoms with Gasteiger partial charge in [-0.2, -0.15) is 0 Å². The summed E-state index contributed by atoms with van der Waals surface area (Å²) in [6.45, 7) is 6.17. The number of aliphatic hydroxyl groups is 1. The highest BCUT2D eigenvalue weighted by Gasteiger charge is 2.19. The van der Waals surface area contributed by atoms with E-state index in [-0.39, 0.29) is 0 Å². The minimum Gasteiger partial charge on any atom is -0.497 e. The summed E-state index contributed by atoms with van der Waals surface area (Å²) in [6, 6.07) is 5.79. The maximum Gasteiger partial charge on any atom is 0.128 e. The summed E-state index contributed by atoms with van der Waals surface area (Å²) in [5.41, 5.74) is 0.765. The highest BCUT2D eigenvalue weighted by Crippen LogP contribution is 2.30. The maximum atomic E-state index is 10.5. The van der Waals surface area contributed by atoms with Gasteiger partial charge in [0.15, 0.2) is 0 Å². The number of benzene rings is 1. The SMILES string of the molecule is COCCN(CC(O)c1ccc(OC)cc1OC)C(C)C. The highest BCUT2D eigenvalue weighted by atomic mass is 16.5. The molecule has 1 aromatic rings. The topological polar surface area (TPSA) is 51.2 Å². The van der Waals surface area contributed by atoms with E-state index in [1.165, 1.54) is 0 Å². The van der Waals surface area contributed by atoms with Crippen LogP contribution in [0, 0.1) is 0 Å². The number of aliphatic hydroxyl groups excluding tert-OH is 1. The molecule has 0 aliphatic heterocycles. The van der Waals surface area contributed by atoms with Gasteiger partial charge in [0.05, 0.1) is 26.9 Å². The molecular formula is C16H27NO4. The molecule has 0 spiro atoms. The molecule has 0 saturated heterocycles. The van der Waals surface area contributed by atoms with Crippen LogP contribution in [0.2, 0.25) is 0 Å². The molecule has 21 heavy (non-hydrogen) atoms. The third-order valence-electron chi connectivity index (χ3n) is 3.52. The first-order valence-electron chi connectivity index (χ1n) is 7.16. The van der Waals surface area contributed by atoms with Crippen LogP contribution in [0.5, 0.6) is 11.5 Å². The van der Waals surface area contributed by atoms with Crippen LogP contribution in [0.3, 0.4) is 0 Å². The lowest BCUT2D eigenvalue weighted by Crippen LogP contribution is -2.37. The number of rotatable bonds is 9. The Labute approximate surface area is 127 Å². The minimum atomic E-state index is -0.620. The number of hydrogen-bond acceptors (Lipinski definition) is 5. The summed E-state index contributed by atoms with van der Waals surface area (Å²) >= 11 is 0. The molecule has 1 N–H and O–H groups in total. The Hall–Kier alpha value is -1.30. The van der Waals surface area contributed by atoms with Crippen molar-refractivity contribution in [1.82, 2.24) is 4.90 Å². The second-order valence-electron chi connectivity index (χ2n) is 5.21. The molecule has 0 aromatic heterocycles. The van der Waals surface area contributed by atoms with Crippen molar-refractivity contribution in [3.8, 4) is 11.5 Å². The smallest absolute Gasteiger partial charge is 0.128 e. The Balaban J connectivity index is 2.83. The van der Waals surface area contributed by atoms with Crippen LogP contribution in [-0.2, 0) is 4.74 Å². The Morgan fingerprint density at radius 1 is 1.14 bits per heavy atom. The quantitative estimate of drug-likeness (QED) is 0.756. The normalized spacial score (nSPS) is 12.8. The van der Waals surface area contributed by atoms with Gasteiger partial charge < -0.3 is 19.3 Å². The predicted molar refractivity (Wildman–Crippen MR) is 83.1 cm³/mol. The fourth-order valence-electron chi connectivity index (χ4n) is 2.18. The monoisotopic (exact) mass is 297 g/mol. The summed E-state index contributed by atoms with van der Waals surface area (Å²) in [7, 11) is 4.88. The predicted octanol–water partition coefficient (Wildman–Crippen LogP) is 2.09. The summed E-state index contributed by atoms with van der Waals surface area (Å²) in [6.07, 6.45) is -0.620. The van der Waals surface area contributed by atoms with E-state index in [9.17, 15) is 5.11 Å². The number of ether oxygens (including phenoxy) is 3. The second kappa shape index (κ2) is 8.87. The van der Waals surface area contributed by atoms with E-state index in [0.717, 1.165) is 12.1 Å². The Morgan fingerprint density at radius 2 is 1.86 bits per heavy atom. The highest BCUT2D eigenvalue weighted by molar-refractivity contribution is 5.42. The van der Waals surface area contributed by atoms with E-state index in [1.807, 2.05) is 12.1 Å². The number of nitrogens with zero attached hydrogens (tertiary/aromatic N) is 1. The molecule has 1 atom stereocenters. The summed E-state index contributed by atoms with van der Waals surface area (Å²) in [5.74, 6) is 1.35. The van der Waals surface area contributed by atoms with Gasteiger partial charge in [-0.25, -0.2) is 0 Å². The number of hydrogen-bond donors (Lipinski definition) is 1. The Morgan fingerprint density at radius 3 is 2.38 bits per heavy atom. The molecule has 0 radical (unpaired) electrons. The standard InChI is InChI=1S/C16H27NO4/c1-12(2)17(8-9-19-3)11-15(18)14-7-6-13(20-4)10-16(14)21-5/h6-7,10,12,15,18H,8-9,11H2,1-5H3. The molecule has 5 heteroatoms. The lowest BCUT2D eigenvalue weighted by molar-refractivity contribution is 0.0709. The lowest BCUT2D eigenvalue weighted by atomic mass is 10.1. The van der Waals surface area contributed by atoms with Crippen LogP contribution in [-0.4, -0.2) is 57.1 Å². The molecule has 0 aliphatic rings. The zero-order valence-corrected chi connectivity index (χ0v) is 13.6. The van der Waals surface area contributed by atoms with Crippen LogP contribution >= 0.6 is 0 Å². The fraction of sp³-hybridized carbons (Fsp3) is 0.625. The zero-order valence-electron chi connectivity index (χ0n) is 13.6. The molecule has 0 saturated carbocycles. The van der Waals surface area contributed by atoms with Crippen LogP contribution < -0.4 is 9.47 Å². The molecule has 1 aromatic carbocycles. The van der Waals surface area contributed by atoms with Gasteiger partial charge in [0, 0.05) is 37.9 Å². The molecule has 0 bridgehead atoms. The van der Waals surface area contributed by atoms with E-state index in [4.69, 9.17) is 14.2 Å². The minimum absolute atomic E-state index is 0.332. The van der Waals surface area contributed by atoms with Crippen molar-refractivity contribution in [3.05, 3.63) is 23.8 Å². The molecule has 0 aliphatic carbocycles. The molecule has 0 heterocycles. The van der Waals surface area contributed by atoms with Gasteiger partial charge in [0.2, 0.25) is 0 Å². The van der Waals surface area contributed by atoms with E-state index in [2.05, 4.69) is 18.7 Å². The molecule has 1 rings (SSSR count). The summed E-state index contributed by atoms with van der Waals surface area (Å²) in [4.78, 5) is 2.18. The molecule has 0 fully saturated rings. The van der Waals surface area contributed by atoms with Crippen LogP contribution in [0.15, 0.2) is 18.2 Å². The Kier molecular flexibility index (Phi) is 7.50. The number of methoxy groups -OCH3 is 3. The van der Waals surface area contributed by atoms with Crippen molar-refractivity contribution in [2.24, 2.45) is 0 Å². The average Bonchev–Trinajstić information content (AvgIpc) is 2.50. The van der Waals surface area contributed by atoms with Crippen molar-refractivity contribution in [3.63, 3.8) is 0 Å². The molecule has 0 amide bonds. The summed E-state index contributed by atoms with van der Waals surface area (Å²) in [5, 5.41) is 10.5. The molecule has 5 nitrogen and oxygen atoms in total. The third kappa shape index (κ3) is 5.19. The summed E-state index contributed by atoms with van der Waals surface area (Å²) < 4.78 is 15.6. The van der Waals surface area contributed by atoms with E-state index < -0.39 is 6.10 Å². The first-order valence-corrected chi connectivity index (χ1v) is 7.16. The lowest BCUT2D eigenvalue weighted by Gasteiger charge is -2.29. The van der Waals surface area contributed by atoms with Crippen molar-refractivity contribution in [1.29, 1.82) is 0 Å². The van der Waals surface area contributed by atoms with Gasteiger partial charge >= 0.3 is 0 Å². The van der Waals surface area contributed by atoms with E-state index in [0.29, 0.717) is 30.7 Å².